The van der Waals surface area contributed by atoms with E-state index in [9.17, 15) is 14.4 Å². The molecule has 152 valence electrons. The molecule has 0 atom stereocenters. The predicted octanol–water partition coefficient (Wildman–Crippen LogP) is 0.346. The van der Waals surface area contributed by atoms with E-state index in [-0.39, 0.29) is 17.8 Å². The second kappa shape index (κ2) is 9.63. The van der Waals surface area contributed by atoms with Crippen LogP contribution in [0.1, 0.15) is 27.1 Å². The zero-order valence-electron chi connectivity index (χ0n) is 16.1. The molecular weight excluding hydrogens is 362 g/mol. The monoisotopic (exact) mass is 389 g/mol. The minimum Gasteiger partial charge on any atom is -0.385 e. The predicted molar refractivity (Wildman–Crippen MR) is 105 cm³/mol. The zero-order valence-corrected chi connectivity index (χ0v) is 16.1. The highest BCUT2D eigenvalue weighted by atomic mass is 16.5. The maximum atomic E-state index is 12.5. The van der Waals surface area contributed by atoms with E-state index >= 15 is 0 Å². The lowest BCUT2D eigenvalue weighted by atomic mass is 10.1. The van der Waals surface area contributed by atoms with Gasteiger partial charge in [0.15, 0.2) is 0 Å². The Morgan fingerprint density at radius 3 is 2.64 bits per heavy atom. The van der Waals surface area contributed by atoms with Crippen LogP contribution in [-0.2, 0) is 4.74 Å². The molecule has 28 heavy (non-hydrogen) atoms. The van der Waals surface area contributed by atoms with E-state index < -0.39 is 0 Å². The molecular formula is C19H27N5O4. The lowest BCUT2D eigenvalue weighted by Gasteiger charge is -2.27. The van der Waals surface area contributed by atoms with Crippen LogP contribution in [0.4, 0.5) is 10.5 Å². The number of benzene rings is 1. The molecule has 2 aliphatic heterocycles. The number of ether oxygens (including phenoxy) is 1. The van der Waals surface area contributed by atoms with Crippen molar-refractivity contribution >= 4 is 23.5 Å². The topological polar surface area (TPSA) is 103 Å². The minimum absolute atomic E-state index is 0.303. The Morgan fingerprint density at radius 1 is 1.14 bits per heavy atom. The van der Waals surface area contributed by atoms with Gasteiger partial charge in [0.25, 0.3) is 11.8 Å². The molecule has 9 nitrogen and oxygen atoms in total. The van der Waals surface area contributed by atoms with E-state index in [2.05, 4.69) is 20.9 Å². The molecule has 1 aromatic rings. The second-order valence-corrected chi connectivity index (χ2v) is 6.84. The van der Waals surface area contributed by atoms with Crippen LogP contribution in [-0.4, -0.2) is 87.2 Å². The second-order valence-electron chi connectivity index (χ2n) is 6.84. The van der Waals surface area contributed by atoms with Crippen LogP contribution in [0.2, 0.25) is 0 Å². The number of piperazine rings is 1. The fourth-order valence-corrected chi connectivity index (χ4v) is 3.38. The van der Waals surface area contributed by atoms with Crippen molar-refractivity contribution in [3.63, 3.8) is 0 Å². The van der Waals surface area contributed by atoms with Gasteiger partial charge in [0.1, 0.15) is 0 Å². The van der Waals surface area contributed by atoms with Crippen LogP contribution >= 0.6 is 0 Å². The fourth-order valence-electron chi connectivity index (χ4n) is 3.38. The fraction of sp³-hybridized carbons (Fsp3) is 0.526. The maximum Gasteiger partial charge on any atom is 0.319 e. The Labute approximate surface area is 164 Å². The summed E-state index contributed by atoms with van der Waals surface area (Å²) in [6, 6.07) is 4.45. The average molecular weight is 389 g/mol. The van der Waals surface area contributed by atoms with Gasteiger partial charge in [-0.1, -0.05) is 0 Å². The third kappa shape index (κ3) is 4.86. The third-order valence-electron chi connectivity index (χ3n) is 4.88. The van der Waals surface area contributed by atoms with E-state index in [4.69, 9.17) is 4.74 Å². The summed E-state index contributed by atoms with van der Waals surface area (Å²) in [6.45, 7) is 6.03. The number of amides is 4. The smallest absolute Gasteiger partial charge is 0.319 e. The Balaban J connectivity index is 1.52. The number of urea groups is 1. The summed E-state index contributed by atoms with van der Waals surface area (Å²) in [5.74, 6) is -0.637. The molecule has 0 aliphatic carbocycles. The van der Waals surface area contributed by atoms with Gasteiger partial charge in [-0.05, 0) is 24.6 Å². The van der Waals surface area contributed by atoms with Gasteiger partial charge in [0.2, 0.25) is 0 Å². The summed E-state index contributed by atoms with van der Waals surface area (Å²) in [5.41, 5.74) is 1.17. The van der Waals surface area contributed by atoms with Gasteiger partial charge in [-0.15, -0.1) is 0 Å². The van der Waals surface area contributed by atoms with Crippen LogP contribution in [0.5, 0.6) is 0 Å². The molecule has 0 bridgehead atoms. The SMILES string of the molecule is COCCCN1C(=O)c2ccc(NC(=O)NCCN3CCNCC3)cc2C1=O. The summed E-state index contributed by atoms with van der Waals surface area (Å²) < 4.78 is 4.97. The van der Waals surface area contributed by atoms with E-state index in [1.165, 1.54) is 4.90 Å². The number of imide groups is 1. The van der Waals surface area contributed by atoms with Crippen LogP contribution in [0, 0.1) is 0 Å². The van der Waals surface area contributed by atoms with Crippen molar-refractivity contribution in [3.05, 3.63) is 29.3 Å². The lowest BCUT2D eigenvalue weighted by Crippen LogP contribution is -2.46. The number of nitrogens with one attached hydrogen (secondary N) is 3. The first-order valence-electron chi connectivity index (χ1n) is 9.57. The first-order valence-corrected chi connectivity index (χ1v) is 9.57. The zero-order chi connectivity index (χ0) is 19.9. The Morgan fingerprint density at radius 2 is 1.89 bits per heavy atom. The van der Waals surface area contributed by atoms with Crippen molar-refractivity contribution in [2.45, 2.75) is 6.42 Å². The largest absolute Gasteiger partial charge is 0.385 e. The Hall–Kier alpha value is -2.49. The van der Waals surface area contributed by atoms with Gasteiger partial charge < -0.3 is 20.7 Å². The van der Waals surface area contributed by atoms with Crippen molar-refractivity contribution in [1.82, 2.24) is 20.4 Å². The van der Waals surface area contributed by atoms with Gasteiger partial charge in [-0.2, -0.15) is 0 Å². The highest BCUT2D eigenvalue weighted by Gasteiger charge is 2.35. The highest BCUT2D eigenvalue weighted by Crippen LogP contribution is 2.26. The van der Waals surface area contributed by atoms with Crippen molar-refractivity contribution < 1.29 is 19.1 Å². The van der Waals surface area contributed by atoms with E-state index in [1.54, 1.807) is 25.3 Å². The first-order chi connectivity index (χ1) is 13.6. The highest BCUT2D eigenvalue weighted by molar-refractivity contribution is 6.21. The summed E-state index contributed by atoms with van der Waals surface area (Å²) in [7, 11) is 1.58. The van der Waals surface area contributed by atoms with Gasteiger partial charge in [0, 0.05) is 65.2 Å². The molecule has 0 radical (unpaired) electrons. The summed E-state index contributed by atoms with van der Waals surface area (Å²) in [6.07, 6.45) is 0.586. The van der Waals surface area contributed by atoms with Crippen molar-refractivity contribution in [2.24, 2.45) is 0 Å². The molecule has 2 aliphatic rings. The lowest BCUT2D eigenvalue weighted by molar-refractivity contribution is 0.0638. The molecule has 0 spiro atoms. The summed E-state index contributed by atoms with van der Waals surface area (Å²) in [5, 5.41) is 8.84. The van der Waals surface area contributed by atoms with E-state index in [0.29, 0.717) is 42.9 Å². The molecule has 0 unspecified atom stereocenters. The van der Waals surface area contributed by atoms with E-state index in [1.807, 2.05) is 0 Å². The number of hydrogen-bond donors (Lipinski definition) is 3. The molecule has 9 heteroatoms. The van der Waals surface area contributed by atoms with Crippen molar-refractivity contribution in [1.29, 1.82) is 0 Å². The Kier molecular flexibility index (Phi) is 6.96. The molecule has 1 aromatic carbocycles. The number of hydrogen-bond acceptors (Lipinski definition) is 6. The van der Waals surface area contributed by atoms with Gasteiger partial charge in [-0.25, -0.2) is 4.79 Å². The van der Waals surface area contributed by atoms with Crippen molar-refractivity contribution in [3.8, 4) is 0 Å². The normalized spacial score (nSPS) is 17.0. The van der Waals surface area contributed by atoms with Crippen LogP contribution in [0.25, 0.3) is 0 Å². The number of nitrogens with zero attached hydrogens (tertiary/aromatic N) is 2. The number of anilines is 1. The molecule has 0 saturated carbocycles. The van der Waals surface area contributed by atoms with E-state index in [0.717, 1.165) is 32.7 Å². The number of fused-ring (bicyclic) bond motifs is 1. The minimum atomic E-state index is -0.334. The van der Waals surface area contributed by atoms with Crippen LogP contribution < -0.4 is 16.0 Å². The van der Waals surface area contributed by atoms with Crippen LogP contribution in [0.3, 0.4) is 0 Å². The molecule has 4 amide bonds. The first kappa shape index (κ1) is 20.2. The molecule has 1 saturated heterocycles. The number of carbonyl (C=O) groups excluding carboxylic acids is 3. The van der Waals surface area contributed by atoms with Crippen LogP contribution in [0.15, 0.2) is 18.2 Å². The molecule has 3 N–H and O–H groups in total. The van der Waals surface area contributed by atoms with Gasteiger partial charge >= 0.3 is 6.03 Å². The summed E-state index contributed by atoms with van der Waals surface area (Å²) in [4.78, 5) is 40.5. The number of methoxy groups -OCH3 is 1. The number of carbonyl (C=O) groups is 3. The van der Waals surface area contributed by atoms with Crippen molar-refractivity contribution in [2.75, 3.05) is 64.8 Å². The molecule has 1 fully saturated rings. The Bertz CT molecular complexity index is 733. The van der Waals surface area contributed by atoms with Gasteiger partial charge in [0.05, 0.1) is 11.1 Å². The molecule has 2 heterocycles. The molecule has 3 rings (SSSR count). The maximum absolute atomic E-state index is 12.5. The van der Waals surface area contributed by atoms with Gasteiger partial charge in [-0.3, -0.25) is 19.4 Å². The standard InChI is InChI=1S/C19H27N5O4/c1-28-12-2-8-24-17(25)15-4-3-14(13-16(15)18(24)26)22-19(27)21-7-11-23-9-5-20-6-10-23/h3-4,13,20H,2,5-12H2,1H3,(H2,21,22,27). The quantitative estimate of drug-likeness (QED) is 0.438. The average Bonchev–Trinajstić information content (AvgIpc) is 2.93. The third-order valence-corrected chi connectivity index (χ3v) is 4.88. The number of rotatable bonds is 8. The summed E-state index contributed by atoms with van der Waals surface area (Å²) >= 11 is 0. The molecule has 0 aromatic heterocycles.